The Bertz CT molecular complexity index is 475. The molecule has 0 atom stereocenters. The van der Waals surface area contributed by atoms with Crippen LogP contribution in [-0.4, -0.2) is 36.9 Å². The summed E-state index contributed by atoms with van der Waals surface area (Å²) in [7, 11) is 0. The monoisotopic (exact) mass is 286 g/mol. The summed E-state index contributed by atoms with van der Waals surface area (Å²) in [6.07, 6.45) is 5.55. The smallest absolute Gasteiger partial charge is 0.129 e. The quantitative estimate of drug-likeness (QED) is 0.559. The van der Waals surface area contributed by atoms with Crippen molar-refractivity contribution in [1.82, 2.24) is 4.90 Å². The molecule has 1 aliphatic carbocycles. The van der Waals surface area contributed by atoms with Crippen LogP contribution in [0.3, 0.4) is 0 Å². The van der Waals surface area contributed by atoms with Gasteiger partial charge in [-0.2, -0.15) is 0 Å². The number of hydrogen-bond donors (Lipinski definition) is 0. The van der Waals surface area contributed by atoms with Gasteiger partial charge in [0.15, 0.2) is 0 Å². The summed E-state index contributed by atoms with van der Waals surface area (Å²) in [4.78, 5) is 7.87. The maximum atomic E-state index is 5.53. The Labute approximate surface area is 128 Å². The van der Waals surface area contributed by atoms with E-state index in [9.17, 15) is 0 Å². The number of likely N-dealkylation sites (N-methyl/N-ethyl adjacent to an activating group) is 1. The van der Waals surface area contributed by atoms with Gasteiger partial charge in [-0.15, -0.1) is 0 Å². The van der Waals surface area contributed by atoms with Gasteiger partial charge < -0.3 is 9.74 Å². The average Bonchev–Trinajstić information content (AvgIpc) is 2.96. The standard InChI is InChI=1S/C18H26N2O/c1-3-20(4-2)13-14-21-19-18-12-8-11-17(18)15-16-9-6-5-7-10-16/h5-7,9-10,15H,3-4,8,11-14H2,1-2H3. The van der Waals surface area contributed by atoms with Crippen LogP contribution in [0.4, 0.5) is 0 Å². The van der Waals surface area contributed by atoms with Crippen LogP contribution in [0.5, 0.6) is 0 Å². The Morgan fingerprint density at radius 1 is 1.14 bits per heavy atom. The highest BCUT2D eigenvalue weighted by Crippen LogP contribution is 2.24. The molecule has 21 heavy (non-hydrogen) atoms. The van der Waals surface area contributed by atoms with Crippen molar-refractivity contribution >= 4 is 11.8 Å². The number of rotatable bonds is 7. The van der Waals surface area contributed by atoms with E-state index in [1.165, 1.54) is 17.6 Å². The van der Waals surface area contributed by atoms with Crippen LogP contribution in [0, 0.1) is 0 Å². The van der Waals surface area contributed by atoms with Crippen molar-refractivity contribution in [1.29, 1.82) is 0 Å². The van der Waals surface area contributed by atoms with Gasteiger partial charge in [0.05, 0.1) is 5.71 Å². The van der Waals surface area contributed by atoms with Crippen molar-refractivity contribution in [3.63, 3.8) is 0 Å². The first-order chi connectivity index (χ1) is 10.3. The Hall–Kier alpha value is -1.61. The molecule has 0 heterocycles. The predicted molar refractivity (Wildman–Crippen MR) is 89.4 cm³/mol. The number of nitrogens with zero attached hydrogens (tertiary/aromatic N) is 2. The van der Waals surface area contributed by atoms with E-state index in [0.29, 0.717) is 6.61 Å². The third kappa shape index (κ3) is 5.01. The number of benzene rings is 1. The molecule has 0 radical (unpaired) electrons. The summed E-state index contributed by atoms with van der Waals surface area (Å²) < 4.78 is 0. The van der Waals surface area contributed by atoms with Crippen molar-refractivity contribution in [2.24, 2.45) is 5.16 Å². The molecule has 3 heteroatoms. The molecule has 114 valence electrons. The Morgan fingerprint density at radius 3 is 2.62 bits per heavy atom. The summed E-state index contributed by atoms with van der Waals surface area (Å²) in [5.41, 5.74) is 3.69. The lowest BCUT2D eigenvalue weighted by Crippen LogP contribution is -2.26. The van der Waals surface area contributed by atoms with Crippen LogP contribution in [0.25, 0.3) is 6.08 Å². The fraction of sp³-hybridized carbons (Fsp3) is 0.500. The molecule has 0 aliphatic heterocycles. The van der Waals surface area contributed by atoms with Gasteiger partial charge in [-0.3, -0.25) is 0 Å². The maximum absolute atomic E-state index is 5.53. The number of hydrogen-bond acceptors (Lipinski definition) is 3. The lowest BCUT2D eigenvalue weighted by molar-refractivity contribution is 0.114. The summed E-state index contributed by atoms with van der Waals surface area (Å²) in [5, 5.41) is 4.36. The van der Waals surface area contributed by atoms with E-state index in [-0.39, 0.29) is 0 Å². The van der Waals surface area contributed by atoms with Gasteiger partial charge in [-0.25, -0.2) is 0 Å². The normalized spacial score (nSPS) is 18.8. The van der Waals surface area contributed by atoms with E-state index < -0.39 is 0 Å². The minimum absolute atomic E-state index is 0.670. The summed E-state index contributed by atoms with van der Waals surface area (Å²) >= 11 is 0. The summed E-state index contributed by atoms with van der Waals surface area (Å²) in [6.45, 7) is 8.09. The summed E-state index contributed by atoms with van der Waals surface area (Å²) in [5.74, 6) is 0. The van der Waals surface area contributed by atoms with E-state index in [1.54, 1.807) is 0 Å². The SMILES string of the molecule is CCN(CC)CCON=C1CCCC1=Cc1ccccc1. The second-order valence-corrected chi connectivity index (χ2v) is 5.33. The van der Waals surface area contributed by atoms with Crippen LogP contribution in [-0.2, 0) is 4.84 Å². The van der Waals surface area contributed by atoms with Crippen LogP contribution in [0.15, 0.2) is 41.1 Å². The first-order valence-electron chi connectivity index (χ1n) is 8.00. The first kappa shape index (κ1) is 15.8. The van der Waals surface area contributed by atoms with Crippen molar-refractivity contribution in [2.75, 3.05) is 26.2 Å². The van der Waals surface area contributed by atoms with Crippen molar-refractivity contribution < 1.29 is 4.84 Å². The molecule has 0 unspecified atom stereocenters. The predicted octanol–water partition coefficient (Wildman–Crippen LogP) is 3.97. The molecule has 0 amide bonds. The molecule has 1 fully saturated rings. The van der Waals surface area contributed by atoms with E-state index in [0.717, 1.165) is 38.2 Å². The molecule has 0 saturated heterocycles. The van der Waals surface area contributed by atoms with Crippen LogP contribution in [0.1, 0.15) is 38.7 Å². The van der Waals surface area contributed by atoms with Gasteiger partial charge in [0.1, 0.15) is 6.61 Å². The van der Waals surface area contributed by atoms with E-state index in [1.807, 2.05) is 6.07 Å². The Kier molecular flexibility index (Phi) is 6.48. The first-order valence-corrected chi connectivity index (χ1v) is 8.00. The van der Waals surface area contributed by atoms with E-state index in [2.05, 4.69) is 54.2 Å². The molecule has 0 spiro atoms. The molecule has 1 aromatic rings. The molecule has 0 bridgehead atoms. The third-order valence-electron chi connectivity index (χ3n) is 3.94. The highest BCUT2D eigenvalue weighted by Gasteiger charge is 2.16. The lowest BCUT2D eigenvalue weighted by atomic mass is 10.1. The van der Waals surface area contributed by atoms with Crippen LogP contribution >= 0.6 is 0 Å². The topological polar surface area (TPSA) is 24.8 Å². The minimum Gasteiger partial charge on any atom is -0.394 e. The van der Waals surface area contributed by atoms with Gasteiger partial charge in [0.25, 0.3) is 0 Å². The zero-order valence-electron chi connectivity index (χ0n) is 13.2. The van der Waals surface area contributed by atoms with Crippen molar-refractivity contribution in [3.05, 3.63) is 41.5 Å². The summed E-state index contributed by atoms with van der Waals surface area (Å²) in [6, 6.07) is 10.4. The third-order valence-corrected chi connectivity index (χ3v) is 3.94. The van der Waals surface area contributed by atoms with E-state index in [4.69, 9.17) is 4.84 Å². The van der Waals surface area contributed by atoms with Crippen LogP contribution in [0.2, 0.25) is 0 Å². The molecule has 1 aromatic carbocycles. The molecule has 0 aromatic heterocycles. The Morgan fingerprint density at radius 2 is 1.90 bits per heavy atom. The van der Waals surface area contributed by atoms with Gasteiger partial charge in [0, 0.05) is 6.54 Å². The zero-order valence-corrected chi connectivity index (χ0v) is 13.2. The molecule has 2 rings (SSSR count). The second kappa shape index (κ2) is 8.63. The Balaban J connectivity index is 1.89. The molecular formula is C18H26N2O. The van der Waals surface area contributed by atoms with Gasteiger partial charge in [-0.1, -0.05) is 49.3 Å². The zero-order chi connectivity index (χ0) is 14.9. The minimum atomic E-state index is 0.670. The maximum Gasteiger partial charge on any atom is 0.129 e. The fourth-order valence-corrected chi connectivity index (χ4v) is 2.59. The second-order valence-electron chi connectivity index (χ2n) is 5.33. The fourth-order valence-electron chi connectivity index (χ4n) is 2.59. The van der Waals surface area contributed by atoms with Gasteiger partial charge in [-0.05, 0) is 49.6 Å². The highest BCUT2D eigenvalue weighted by molar-refractivity contribution is 6.05. The molecule has 1 aliphatic rings. The number of oxime groups is 1. The average molecular weight is 286 g/mol. The van der Waals surface area contributed by atoms with Crippen LogP contribution < -0.4 is 0 Å². The molecule has 0 N–H and O–H groups in total. The van der Waals surface area contributed by atoms with Crippen molar-refractivity contribution in [2.45, 2.75) is 33.1 Å². The molecular weight excluding hydrogens is 260 g/mol. The largest absolute Gasteiger partial charge is 0.394 e. The van der Waals surface area contributed by atoms with Crippen molar-refractivity contribution in [3.8, 4) is 0 Å². The highest BCUT2D eigenvalue weighted by atomic mass is 16.6. The van der Waals surface area contributed by atoms with Gasteiger partial charge in [0.2, 0.25) is 0 Å². The molecule has 1 saturated carbocycles. The molecule has 3 nitrogen and oxygen atoms in total. The van der Waals surface area contributed by atoms with E-state index >= 15 is 0 Å². The number of allylic oxidation sites excluding steroid dienone is 1. The van der Waals surface area contributed by atoms with Gasteiger partial charge >= 0.3 is 0 Å². The lowest BCUT2D eigenvalue weighted by Gasteiger charge is -2.16.